The number of amides is 2. The predicted octanol–water partition coefficient (Wildman–Crippen LogP) is -0.394. The largest absolute Gasteiger partial charge is 0.381 e. The summed E-state index contributed by atoms with van der Waals surface area (Å²) in [5.74, 6) is 0.400. The van der Waals surface area contributed by atoms with Crippen molar-refractivity contribution >= 4 is 11.8 Å². The average Bonchev–Trinajstić information content (AvgIpc) is 3.05. The molecule has 3 heterocycles. The number of carbonyl (C=O) groups excluding carboxylic acids is 2. The average molecular weight is 365 g/mol. The lowest BCUT2D eigenvalue weighted by molar-refractivity contribution is -0.137. The first-order chi connectivity index (χ1) is 12.5. The summed E-state index contributed by atoms with van der Waals surface area (Å²) < 4.78 is 10.00. The van der Waals surface area contributed by atoms with Crippen LogP contribution in [0, 0.1) is 12.8 Å². The molecule has 1 aromatic rings. The Bertz CT molecular complexity index is 628. The van der Waals surface area contributed by atoms with Gasteiger partial charge in [-0.15, -0.1) is 0 Å². The highest BCUT2D eigenvalue weighted by atomic mass is 16.6. The topological polar surface area (TPSA) is 101 Å². The molecule has 0 saturated carbocycles. The summed E-state index contributed by atoms with van der Waals surface area (Å²) in [5.41, 5.74) is 1.17. The molecule has 26 heavy (non-hydrogen) atoms. The van der Waals surface area contributed by atoms with Crippen molar-refractivity contribution < 1.29 is 19.0 Å². The molecule has 144 valence electrons. The van der Waals surface area contributed by atoms with Crippen LogP contribution in [0.15, 0.2) is 4.63 Å². The SMILES string of the molecule is Cc1nonc1CC(=O)N1CCN(C)[C@H](C(=O)NCC2CCOCC2)C1. The van der Waals surface area contributed by atoms with E-state index in [-0.39, 0.29) is 24.3 Å². The molecule has 2 amide bonds. The van der Waals surface area contributed by atoms with Crippen LogP contribution in [0.5, 0.6) is 0 Å². The van der Waals surface area contributed by atoms with E-state index in [1.807, 2.05) is 11.9 Å². The van der Waals surface area contributed by atoms with Gasteiger partial charge in [0.15, 0.2) is 0 Å². The standard InChI is InChI=1S/C17H27N5O4/c1-12-14(20-26-19-12)9-16(23)22-6-5-21(2)15(11-22)17(24)18-10-13-3-7-25-8-4-13/h13,15H,3-11H2,1-2H3,(H,18,24)/t15-/m0/s1. The molecule has 2 aliphatic heterocycles. The van der Waals surface area contributed by atoms with Crippen LogP contribution in [-0.2, 0) is 20.7 Å². The van der Waals surface area contributed by atoms with Crippen molar-refractivity contribution in [1.82, 2.24) is 25.4 Å². The number of aromatic nitrogens is 2. The molecule has 2 saturated heterocycles. The Kier molecular flexibility index (Phi) is 6.20. The molecule has 1 aromatic heterocycles. The molecule has 0 unspecified atom stereocenters. The zero-order valence-corrected chi connectivity index (χ0v) is 15.4. The molecule has 0 bridgehead atoms. The molecular formula is C17H27N5O4. The summed E-state index contributed by atoms with van der Waals surface area (Å²) >= 11 is 0. The van der Waals surface area contributed by atoms with E-state index in [0.29, 0.717) is 43.5 Å². The first-order valence-corrected chi connectivity index (χ1v) is 9.16. The van der Waals surface area contributed by atoms with Crippen molar-refractivity contribution in [2.45, 2.75) is 32.2 Å². The highest BCUT2D eigenvalue weighted by molar-refractivity contribution is 5.84. The maximum absolute atomic E-state index is 12.6. The second-order valence-electron chi connectivity index (χ2n) is 7.11. The van der Waals surface area contributed by atoms with Crippen LogP contribution in [0.25, 0.3) is 0 Å². The second-order valence-corrected chi connectivity index (χ2v) is 7.11. The summed E-state index contributed by atoms with van der Waals surface area (Å²) in [6, 6.07) is -0.330. The molecule has 0 spiro atoms. The molecule has 2 aliphatic rings. The zero-order chi connectivity index (χ0) is 18.5. The Balaban J connectivity index is 1.52. The van der Waals surface area contributed by atoms with Crippen molar-refractivity contribution in [2.24, 2.45) is 5.92 Å². The number of aryl methyl sites for hydroxylation is 1. The van der Waals surface area contributed by atoms with E-state index in [0.717, 1.165) is 26.1 Å². The Morgan fingerprint density at radius 3 is 2.69 bits per heavy atom. The van der Waals surface area contributed by atoms with E-state index in [1.165, 1.54) is 0 Å². The van der Waals surface area contributed by atoms with Crippen molar-refractivity contribution in [1.29, 1.82) is 0 Å². The normalized spacial score (nSPS) is 22.4. The summed E-state index contributed by atoms with van der Waals surface area (Å²) in [4.78, 5) is 28.9. The molecule has 0 radical (unpaired) electrons. The van der Waals surface area contributed by atoms with Gasteiger partial charge < -0.3 is 15.0 Å². The summed E-state index contributed by atoms with van der Waals surface area (Å²) in [5, 5.41) is 10.5. The fourth-order valence-corrected chi connectivity index (χ4v) is 3.36. The lowest BCUT2D eigenvalue weighted by Gasteiger charge is -2.38. The number of piperazine rings is 1. The maximum Gasteiger partial charge on any atom is 0.239 e. The van der Waals surface area contributed by atoms with Gasteiger partial charge in [-0.05, 0) is 32.7 Å². The number of likely N-dealkylation sites (N-methyl/N-ethyl adjacent to an activating group) is 1. The van der Waals surface area contributed by atoms with E-state index >= 15 is 0 Å². The van der Waals surface area contributed by atoms with Gasteiger partial charge in [-0.2, -0.15) is 0 Å². The van der Waals surface area contributed by atoms with Crippen molar-refractivity contribution in [3.05, 3.63) is 11.4 Å². The Morgan fingerprint density at radius 2 is 2.00 bits per heavy atom. The Morgan fingerprint density at radius 1 is 1.23 bits per heavy atom. The lowest BCUT2D eigenvalue weighted by atomic mass is 10.0. The van der Waals surface area contributed by atoms with Gasteiger partial charge in [0.1, 0.15) is 17.4 Å². The predicted molar refractivity (Wildman–Crippen MR) is 92.3 cm³/mol. The van der Waals surface area contributed by atoms with Crippen LogP contribution in [0.4, 0.5) is 0 Å². The molecular weight excluding hydrogens is 338 g/mol. The minimum Gasteiger partial charge on any atom is -0.381 e. The number of hydrogen-bond donors (Lipinski definition) is 1. The third kappa shape index (κ3) is 4.59. The highest BCUT2D eigenvalue weighted by Crippen LogP contribution is 2.15. The van der Waals surface area contributed by atoms with Crippen LogP contribution in [0.1, 0.15) is 24.2 Å². The Labute approximate surface area is 153 Å². The zero-order valence-electron chi connectivity index (χ0n) is 15.4. The smallest absolute Gasteiger partial charge is 0.239 e. The summed E-state index contributed by atoms with van der Waals surface area (Å²) in [6.07, 6.45) is 2.11. The van der Waals surface area contributed by atoms with Crippen LogP contribution in [-0.4, -0.2) is 84.4 Å². The quantitative estimate of drug-likeness (QED) is 0.758. The second kappa shape index (κ2) is 8.59. The number of hydrogen-bond acceptors (Lipinski definition) is 7. The van der Waals surface area contributed by atoms with E-state index < -0.39 is 0 Å². The number of rotatable bonds is 5. The van der Waals surface area contributed by atoms with E-state index in [2.05, 4.69) is 20.3 Å². The molecule has 2 fully saturated rings. The van der Waals surface area contributed by atoms with E-state index in [9.17, 15) is 9.59 Å². The fourth-order valence-electron chi connectivity index (χ4n) is 3.36. The lowest BCUT2D eigenvalue weighted by Crippen LogP contribution is -2.59. The van der Waals surface area contributed by atoms with Crippen LogP contribution in [0.2, 0.25) is 0 Å². The van der Waals surface area contributed by atoms with Gasteiger partial charge >= 0.3 is 0 Å². The van der Waals surface area contributed by atoms with Gasteiger partial charge in [-0.25, -0.2) is 4.63 Å². The highest BCUT2D eigenvalue weighted by Gasteiger charge is 2.32. The van der Waals surface area contributed by atoms with Gasteiger partial charge in [0.2, 0.25) is 11.8 Å². The van der Waals surface area contributed by atoms with Crippen LogP contribution >= 0.6 is 0 Å². The van der Waals surface area contributed by atoms with Crippen molar-refractivity contribution in [3.63, 3.8) is 0 Å². The van der Waals surface area contributed by atoms with Crippen molar-refractivity contribution in [3.8, 4) is 0 Å². The number of nitrogens with one attached hydrogen (secondary N) is 1. The molecule has 1 atom stereocenters. The molecule has 9 heteroatoms. The van der Waals surface area contributed by atoms with Gasteiger partial charge in [0, 0.05) is 39.4 Å². The molecule has 0 aliphatic carbocycles. The van der Waals surface area contributed by atoms with Gasteiger partial charge in [-0.1, -0.05) is 10.3 Å². The summed E-state index contributed by atoms with van der Waals surface area (Å²) in [6.45, 7) is 5.62. The molecule has 9 nitrogen and oxygen atoms in total. The third-order valence-electron chi connectivity index (χ3n) is 5.27. The van der Waals surface area contributed by atoms with Gasteiger partial charge in [0.05, 0.1) is 6.42 Å². The van der Waals surface area contributed by atoms with Crippen LogP contribution in [0.3, 0.4) is 0 Å². The molecule has 3 rings (SSSR count). The fraction of sp³-hybridized carbons (Fsp3) is 0.765. The van der Waals surface area contributed by atoms with E-state index in [4.69, 9.17) is 4.74 Å². The van der Waals surface area contributed by atoms with Gasteiger partial charge in [0.25, 0.3) is 0 Å². The number of nitrogens with zero attached hydrogens (tertiary/aromatic N) is 4. The third-order valence-corrected chi connectivity index (χ3v) is 5.27. The minimum absolute atomic E-state index is 0.0178. The maximum atomic E-state index is 12.6. The monoisotopic (exact) mass is 365 g/mol. The molecule has 0 aromatic carbocycles. The first-order valence-electron chi connectivity index (χ1n) is 9.16. The number of carbonyl (C=O) groups is 2. The van der Waals surface area contributed by atoms with Gasteiger partial charge in [-0.3, -0.25) is 14.5 Å². The minimum atomic E-state index is -0.330. The van der Waals surface area contributed by atoms with Crippen LogP contribution < -0.4 is 5.32 Å². The Hall–Kier alpha value is -2.00. The number of ether oxygens (including phenoxy) is 1. The molecule has 1 N–H and O–H groups in total. The van der Waals surface area contributed by atoms with E-state index in [1.54, 1.807) is 11.8 Å². The summed E-state index contributed by atoms with van der Waals surface area (Å²) in [7, 11) is 1.92. The first kappa shape index (κ1) is 18.8. The van der Waals surface area contributed by atoms with Crippen molar-refractivity contribution in [2.75, 3.05) is 46.4 Å².